The molecule has 0 aliphatic heterocycles. The predicted molar refractivity (Wildman–Crippen MR) is 125 cm³/mol. The minimum absolute atomic E-state index is 0.175. The van der Waals surface area contributed by atoms with Gasteiger partial charge in [0.1, 0.15) is 5.75 Å². The van der Waals surface area contributed by atoms with Crippen LogP contribution in [0.1, 0.15) is 24.1 Å². The van der Waals surface area contributed by atoms with Crippen LogP contribution in [0.2, 0.25) is 0 Å². The quantitative estimate of drug-likeness (QED) is 0.382. The highest BCUT2D eigenvalue weighted by atomic mass is 79.9. The molecule has 3 rings (SSSR count). The molecule has 0 fully saturated rings. The van der Waals surface area contributed by atoms with Gasteiger partial charge in [-0.15, -0.1) is 0 Å². The largest absolute Gasteiger partial charge is 0.484 e. The van der Waals surface area contributed by atoms with Gasteiger partial charge in [-0.3, -0.25) is 9.52 Å². The minimum atomic E-state index is -4.59. The summed E-state index contributed by atoms with van der Waals surface area (Å²) < 4.78 is 72.0. The molecule has 0 bridgehead atoms. The molecule has 1 atom stereocenters. The highest BCUT2D eigenvalue weighted by Gasteiger charge is 2.30. The fraction of sp³-hybridized carbons (Fsp3) is 0.174. The van der Waals surface area contributed by atoms with Crippen LogP contribution in [0.4, 0.5) is 18.9 Å². The van der Waals surface area contributed by atoms with Crippen molar-refractivity contribution in [2.24, 2.45) is 0 Å². The van der Waals surface area contributed by atoms with E-state index >= 15 is 0 Å². The van der Waals surface area contributed by atoms with E-state index in [0.29, 0.717) is 6.07 Å². The molecular weight excluding hydrogens is 537 g/mol. The van der Waals surface area contributed by atoms with E-state index < -0.39 is 21.8 Å². The van der Waals surface area contributed by atoms with Gasteiger partial charge in [0.15, 0.2) is 6.61 Å². The minimum Gasteiger partial charge on any atom is -0.484 e. The Kier molecular flexibility index (Phi) is 7.88. The first-order valence-electron chi connectivity index (χ1n) is 9.92. The third-order valence-electron chi connectivity index (χ3n) is 4.69. The molecule has 3 aromatic rings. The van der Waals surface area contributed by atoms with Gasteiger partial charge in [-0.2, -0.15) is 13.2 Å². The summed E-state index contributed by atoms with van der Waals surface area (Å²) in [6, 6.07) is 16.3. The molecule has 0 saturated heterocycles. The maximum absolute atomic E-state index is 12.8. The van der Waals surface area contributed by atoms with E-state index in [9.17, 15) is 26.4 Å². The first kappa shape index (κ1) is 25.6. The maximum atomic E-state index is 12.8. The van der Waals surface area contributed by atoms with E-state index in [0.717, 1.165) is 22.2 Å². The van der Waals surface area contributed by atoms with Gasteiger partial charge in [-0.05, 0) is 67.1 Å². The monoisotopic (exact) mass is 556 g/mol. The number of halogens is 4. The van der Waals surface area contributed by atoms with E-state index in [1.54, 1.807) is 0 Å². The molecule has 180 valence electrons. The van der Waals surface area contributed by atoms with Crippen molar-refractivity contribution in [3.63, 3.8) is 0 Å². The Bertz CT molecular complexity index is 1250. The second kappa shape index (κ2) is 10.5. The number of hydrogen-bond acceptors (Lipinski definition) is 4. The number of carbonyl (C=O) groups excluding carboxylic acids is 1. The van der Waals surface area contributed by atoms with Crippen molar-refractivity contribution in [1.29, 1.82) is 0 Å². The van der Waals surface area contributed by atoms with Gasteiger partial charge in [0.25, 0.3) is 15.9 Å². The highest BCUT2D eigenvalue weighted by Crippen LogP contribution is 2.31. The van der Waals surface area contributed by atoms with Crippen molar-refractivity contribution in [3.05, 3.63) is 88.4 Å². The van der Waals surface area contributed by atoms with E-state index in [-0.39, 0.29) is 34.9 Å². The van der Waals surface area contributed by atoms with Gasteiger partial charge in [-0.1, -0.05) is 34.1 Å². The molecule has 0 saturated carbocycles. The molecule has 6 nitrogen and oxygen atoms in total. The lowest BCUT2D eigenvalue weighted by Crippen LogP contribution is -2.31. The number of anilines is 1. The van der Waals surface area contributed by atoms with Gasteiger partial charge < -0.3 is 10.1 Å². The van der Waals surface area contributed by atoms with Crippen LogP contribution in [-0.4, -0.2) is 20.9 Å². The van der Waals surface area contributed by atoms with Crippen LogP contribution in [0.15, 0.2) is 82.2 Å². The number of sulfonamides is 1. The molecule has 0 radical (unpaired) electrons. The molecule has 0 unspecified atom stereocenters. The summed E-state index contributed by atoms with van der Waals surface area (Å²) in [6.07, 6.45) is -4.59. The Morgan fingerprint density at radius 2 is 1.68 bits per heavy atom. The molecule has 0 heterocycles. The molecule has 0 aliphatic carbocycles. The molecule has 1 amide bonds. The second-order valence-corrected chi connectivity index (χ2v) is 9.88. The lowest BCUT2D eigenvalue weighted by molar-refractivity contribution is -0.137. The van der Waals surface area contributed by atoms with E-state index in [1.165, 1.54) is 30.3 Å². The molecule has 3 aromatic carbocycles. The number of amides is 1. The number of hydrogen-bond donors (Lipinski definition) is 2. The number of alkyl halides is 3. The molecule has 0 aliphatic rings. The molecule has 0 aromatic heterocycles. The Morgan fingerprint density at radius 1 is 1.03 bits per heavy atom. The molecule has 0 spiro atoms. The van der Waals surface area contributed by atoms with Crippen LogP contribution in [0.3, 0.4) is 0 Å². The van der Waals surface area contributed by atoms with Gasteiger partial charge >= 0.3 is 6.18 Å². The highest BCUT2D eigenvalue weighted by molar-refractivity contribution is 9.10. The van der Waals surface area contributed by atoms with Gasteiger partial charge in [0.05, 0.1) is 16.5 Å². The summed E-state index contributed by atoms with van der Waals surface area (Å²) in [5, 5.41) is 2.80. The van der Waals surface area contributed by atoms with Crippen molar-refractivity contribution >= 4 is 37.5 Å². The van der Waals surface area contributed by atoms with Crippen molar-refractivity contribution in [2.75, 3.05) is 11.3 Å². The van der Waals surface area contributed by atoms with Crippen molar-refractivity contribution in [2.45, 2.75) is 24.0 Å². The van der Waals surface area contributed by atoms with Crippen molar-refractivity contribution in [3.8, 4) is 5.75 Å². The third kappa shape index (κ3) is 6.97. The van der Waals surface area contributed by atoms with E-state index in [2.05, 4.69) is 26.0 Å². The summed E-state index contributed by atoms with van der Waals surface area (Å²) >= 11 is 3.35. The summed E-state index contributed by atoms with van der Waals surface area (Å²) in [5.74, 6) is -0.109. The van der Waals surface area contributed by atoms with Crippen LogP contribution in [-0.2, 0) is 21.0 Å². The lowest BCUT2D eigenvalue weighted by Gasteiger charge is -2.15. The Labute approximate surface area is 203 Å². The lowest BCUT2D eigenvalue weighted by atomic mass is 10.1. The molecule has 11 heteroatoms. The fourth-order valence-electron chi connectivity index (χ4n) is 2.95. The zero-order valence-electron chi connectivity index (χ0n) is 17.8. The zero-order valence-corrected chi connectivity index (χ0v) is 20.2. The van der Waals surface area contributed by atoms with Gasteiger partial charge in [0, 0.05) is 10.2 Å². The smallest absolute Gasteiger partial charge is 0.416 e. The predicted octanol–water partition coefficient (Wildman–Crippen LogP) is 5.52. The Morgan fingerprint density at radius 3 is 2.29 bits per heavy atom. The van der Waals surface area contributed by atoms with E-state index in [1.807, 2.05) is 31.2 Å². The number of carbonyl (C=O) groups is 1. The van der Waals surface area contributed by atoms with Crippen molar-refractivity contribution in [1.82, 2.24) is 5.32 Å². The topological polar surface area (TPSA) is 84.5 Å². The van der Waals surface area contributed by atoms with E-state index in [4.69, 9.17) is 4.74 Å². The summed E-state index contributed by atoms with van der Waals surface area (Å²) in [5.41, 5.74) is -0.268. The third-order valence-corrected chi connectivity index (χ3v) is 6.62. The van der Waals surface area contributed by atoms with Crippen LogP contribution in [0.5, 0.6) is 5.75 Å². The number of nitrogens with one attached hydrogen (secondary N) is 2. The maximum Gasteiger partial charge on any atom is 0.416 e. The summed E-state index contributed by atoms with van der Waals surface area (Å²) in [7, 11) is -4.13. The van der Waals surface area contributed by atoms with Crippen LogP contribution in [0, 0.1) is 0 Å². The number of rotatable bonds is 8. The Hall–Kier alpha value is -3.05. The SMILES string of the molecule is C[C@@H](NC(=O)COc1ccc(S(=O)(=O)Nc2cccc(C(F)(F)F)c2)cc1)c1ccc(Br)cc1. The molecular formula is C23H20BrF3N2O4S. The summed E-state index contributed by atoms with van der Waals surface area (Å²) in [6.45, 7) is 1.55. The average molecular weight is 557 g/mol. The Balaban J connectivity index is 1.58. The van der Waals surface area contributed by atoms with Gasteiger partial charge in [-0.25, -0.2) is 8.42 Å². The van der Waals surface area contributed by atoms with Crippen LogP contribution < -0.4 is 14.8 Å². The standard InChI is InChI=1S/C23H20BrF3N2O4S/c1-15(16-5-7-18(24)8-6-16)28-22(30)14-33-20-9-11-21(12-10-20)34(31,32)29-19-4-2-3-17(13-19)23(25,26)27/h2-13,15,29H,14H2,1H3,(H,28,30)/t15-/m1/s1. The molecule has 2 N–H and O–H groups in total. The van der Waals surface area contributed by atoms with Gasteiger partial charge in [0.2, 0.25) is 0 Å². The normalized spacial score (nSPS) is 12.6. The van der Waals surface area contributed by atoms with Crippen LogP contribution >= 0.6 is 15.9 Å². The zero-order chi connectivity index (χ0) is 24.9. The number of ether oxygens (including phenoxy) is 1. The first-order chi connectivity index (χ1) is 15.9. The molecule has 34 heavy (non-hydrogen) atoms. The second-order valence-electron chi connectivity index (χ2n) is 7.28. The fourth-order valence-corrected chi connectivity index (χ4v) is 4.27. The number of benzene rings is 3. The average Bonchev–Trinajstić information content (AvgIpc) is 2.78. The van der Waals surface area contributed by atoms with Crippen LogP contribution in [0.25, 0.3) is 0 Å². The van der Waals surface area contributed by atoms with Crippen molar-refractivity contribution < 1.29 is 31.1 Å². The first-order valence-corrected chi connectivity index (χ1v) is 12.2. The summed E-state index contributed by atoms with van der Waals surface area (Å²) in [4.78, 5) is 12.0.